The second kappa shape index (κ2) is 4.07. The molecule has 2 aromatic heterocycles. The zero-order valence-corrected chi connectivity index (χ0v) is 8.01. The Morgan fingerprint density at radius 3 is 2.87 bits per heavy atom. The number of H-pyrrole nitrogens is 1. The van der Waals surface area contributed by atoms with Crippen LogP contribution in [0.3, 0.4) is 0 Å². The first kappa shape index (κ1) is 9.63. The third kappa shape index (κ3) is 1.80. The van der Waals surface area contributed by atoms with E-state index in [1.807, 2.05) is 0 Å². The van der Waals surface area contributed by atoms with Crippen molar-refractivity contribution >= 4 is 5.69 Å². The molecule has 0 saturated heterocycles. The normalized spacial score (nSPS) is 12.6. The van der Waals surface area contributed by atoms with Gasteiger partial charge in [0.1, 0.15) is 11.9 Å². The fourth-order valence-electron chi connectivity index (χ4n) is 1.41. The van der Waals surface area contributed by atoms with Gasteiger partial charge in [0, 0.05) is 36.0 Å². The molecule has 6 heteroatoms. The number of nitrogens with two attached hydrogens (primary N) is 2. The summed E-state index contributed by atoms with van der Waals surface area (Å²) in [4.78, 5) is 11.1. The van der Waals surface area contributed by atoms with Crippen molar-refractivity contribution in [3.8, 4) is 0 Å². The van der Waals surface area contributed by atoms with Crippen LogP contribution in [0.1, 0.15) is 17.4 Å². The lowest BCUT2D eigenvalue weighted by molar-refractivity contribution is 0.607. The monoisotopic (exact) mass is 204 g/mol. The number of hydrogen-bond acceptors (Lipinski definition) is 5. The fraction of sp³-hybridized carbons (Fsp3) is 0.111. The van der Waals surface area contributed by atoms with E-state index in [2.05, 4.69) is 20.4 Å². The van der Waals surface area contributed by atoms with Crippen LogP contribution < -0.4 is 17.0 Å². The van der Waals surface area contributed by atoms with Crippen molar-refractivity contribution in [3.63, 3.8) is 0 Å². The van der Waals surface area contributed by atoms with Crippen molar-refractivity contribution in [2.24, 2.45) is 5.84 Å². The highest BCUT2D eigenvalue weighted by molar-refractivity contribution is 5.47. The Morgan fingerprint density at radius 2 is 2.27 bits per heavy atom. The number of nitrogen functional groups attached to an aromatic ring is 1. The van der Waals surface area contributed by atoms with Gasteiger partial charge in [-0.1, -0.05) is 0 Å². The number of rotatable bonds is 3. The maximum Gasteiger partial charge on any atom is 0.129 e. The van der Waals surface area contributed by atoms with E-state index in [-0.39, 0.29) is 6.04 Å². The highest BCUT2D eigenvalue weighted by Crippen LogP contribution is 2.22. The number of hydrogen-bond donors (Lipinski definition) is 4. The first-order valence-electron chi connectivity index (χ1n) is 4.47. The predicted octanol–water partition coefficient (Wildman–Crippen LogP) is -0.0604. The Bertz CT molecular complexity index is 424. The summed E-state index contributed by atoms with van der Waals surface area (Å²) in [6.07, 6.45) is 6.69. The molecule has 2 aromatic rings. The number of hydrazine groups is 1. The molecule has 0 aliphatic carbocycles. The SMILES string of the molecule is NNC(c1ncc[nH]1)c1cnccc1N. The summed E-state index contributed by atoms with van der Waals surface area (Å²) in [5, 5.41) is 0. The number of aromatic amines is 1. The van der Waals surface area contributed by atoms with Gasteiger partial charge in [0.15, 0.2) is 0 Å². The van der Waals surface area contributed by atoms with Crippen molar-refractivity contribution < 1.29 is 0 Å². The van der Waals surface area contributed by atoms with Gasteiger partial charge in [0.2, 0.25) is 0 Å². The van der Waals surface area contributed by atoms with Crippen molar-refractivity contribution in [2.45, 2.75) is 6.04 Å². The highest BCUT2D eigenvalue weighted by Gasteiger charge is 2.16. The quantitative estimate of drug-likeness (QED) is 0.414. The number of anilines is 1. The molecule has 0 aromatic carbocycles. The molecule has 0 spiro atoms. The summed E-state index contributed by atoms with van der Waals surface area (Å²) < 4.78 is 0. The van der Waals surface area contributed by atoms with Crippen molar-refractivity contribution in [1.29, 1.82) is 0 Å². The maximum absolute atomic E-state index is 5.83. The molecule has 6 nitrogen and oxygen atoms in total. The predicted molar refractivity (Wildman–Crippen MR) is 56.4 cm³/mol. The van der Waals surface area contributed by atoms with Crippen molar-refractivity contribution in [1.82, 2.24) is 20.4 Å². The van der Waals surface area contributed by atoms with Gasteiger partial charge in [-0.25, -0.2) is 10.4 Å². The number of aromatic nitrogens is 3. The van der Waals surface area contributed by atoms with Gasteiger partial charge in [-0.15, -0.1) is 0 Å². The number of imidazole rings is 1. The molecule has 6 N–H and O–H groups in total. The van der Waals surface area contributed by atoms with E-state index in [1.165, 1.54) is 0 Å². The van der Waals surface area contributed by atoms with E-state index in [9.17, 15) is 0 Å². The summed E-state index contributed by atoms with van der Waals surface area (Å²) in [5.41, 5.74) is 9.90. The van der Waals surface area contributed by atoms with E-state index in [0.29, 0.717) is 11.5 Å². The Labute approximate surface area is 86.7 Å². The lowest BCUT2D eigenvalue weighted by atomic mass is 10.1. The molecule has 15 heavy (non-hydrogen) atoms. The molecule has 1 unspecified atom stereocenters. The third-order valence-corrected chi connectivity index (χ3v) is 2.16. The molecule has 0 aliphatic rings. The molecule has 0 bridgehead atoms. The molecular weight excluding hydrogens is 192 g/mol. The van der Waals surface area contributed by atoms with Gasteiger partial charge >= 0.3 is 0 Å². The van der Waals surface area contributed by atoms with Gasteiger partial charge in [-0.3, -0.25) is 10.8 Å². The van der Waals surface area contributed by atoms with Crippen LogP contribution in [-0.4, -0.2) is 15.0 Å². The number of nitrogens with one attached hydrogen (secondary N) is 2. The van der Waals surface area contributed by atoms with Gasteiger partial charge in [-0.05, 0) is 6.07 Å². The van der Waals surface area contributed by atoms with Crippen LogP contribution in [0, 0.1) is 0 Å². The summed E-state index contributed by atoms with van der Waals surface area (Å²) in [5.74, 6) is 6.18. The maximum atomic E-state index is 5.83. The second-order valence-corrected chi connectivity index (χ2v) is 3.08. The van der Waals surface area contributed by atoms with E-state index in [4.69, 9.17) is 11.6 Å². The minimum absolute atomic E-state index is 0.270. The minimum atomic E-state index is -0.270. The lowest BCUT2D eigenvalue weighted by Crippen LogP contribution is -2.30. The zero-order valence-electron chi connectivity index (χ0n) is 8.01. The van der Waals surface area contributed by atoms with Gasteiger partial charge in [0.05, 0.1) is 0 Å². The first-order valence-corrected chi connectivity index (χ1v) is 4.47. The van der Waals surface area contributed by atoms with Crippen LogP contribution in [0.4, 0.5) is 5.69 Å². The van der Waals surface area contributed by atoms with E-state index >= 15 is 0 Å². The second-order valence-electron chi connectivity index (χ2n) is 3.08. The summed E-state index contributed by atoms with van der Waals surface area (Å²) in [6, 6.07) is 1.46. The average Bonchev–Trinajstić information content (AvgIpc) is 2.75. The Balaban J connectivity index is 2.40. The molecule has 78 valence electrons. The van der Waals surface area contributed by atoms with Crippen LogP contribution in [0.2, 0.25) is 0 Å². The molecule has 0 saturated carbocycles. The molecule has 0 amide bonds. The fourth-order valence-corrected chi connectivity index (χ4v) is 1.41. The lowest BCUT2D eigenvalue weighted by Gasteiger charge is -2.15. The number of nitrogens with zero attached hydrogens (tertiary/aromatic N) is 2. The highest BCUT2D eigenvalue weighted by atomic mass is 15.2. The third-order valence-electron chi connectivity index (χ3n) is 2.16. The van der Waals surface area contributed by atoms with Crippen LogP contribution in [-0.2, 0) is 0 Å². The van der Waals surface area contributed by atoms with Crippen LogP contribution >= 0.6 is 0 Å². The molecule has 0 radical (unpaired) electrons. The van der Waals surface area contributed by atoms with E-state index in [0.717, 1.165) is 5.56 Å². The smallest absolute Gasteiger partial charge is 0.129 e. The van der Waals surface area contributed by atoms with E-state index in [1.54, 1.807) is 30.9 Å². The zero-order chi connectivity index (χ0) is 10.7. The molecule has 2 heterocycles. The Morgan fingerprint density at radius 1 is 1.40 bits per heavy atom. The van der Waals surface area contributed by atoms with Crippen molar-refractivity contribution in [2.75, 3.05) is 5.73 Å². The first-order chi connectivity index (χ1) is 7.33. The van der Waals surface area contributed by atoms with Gasteiger partial charge in [0.25, 0.3) is 0 Å². The average molecular weight is 204 g/mol. The topological polar surface area (TPSA) is 106 Å². The molecule has 0 fully saturated rings. The van der Waals surface area contributed by atoms with Crippen LogP contribution in [0.15, 0.2) is 30.9 Å². The van der Waals surface area contributed by atoms with Crippen molar-refractivity contribution in [3.05, 3.63) is 42.2 Å². The molecule has 2 rings (SSSR count). The van der Waals surface area contributed by atoms with Crippen LogP contribution in [0.5, 0.6) is 0 Å². The largest absolute Gasteiger partial charge is 0.398 e. The van der Waals surface area contributed by atoms with Gasteiger partial charge < -0.3 is 10.7 Å². The Kier molecular flexibility index (Phi) is 2.61. The molecule has 0 aliphatic heterocycles. The molecular formula is C9H12N6. The minimum Gasteiger partial charge on any atom is -0.398 e. The van der Waals surface area contributed by atoms with Crippen LogP contribution in [0.25, 0.3) is 0 Å². The molecule has 1 atom stereocenters. The standard InChI is InChI=1S/C9H12N6/c10-7-1-2-12-5-6(7)8(15-11)9-13-3-4-14-9/h1-5,8,15H,11H2,(H2,10,12)(H,13,14). The number of pyridine rings is 1. The summed E-state index contributed by atoms with van der Waals surface area (Å²) in [6.45, 7) is 0. The van der Waals surface area contributed by atoms with E-state index < -0.39 is 0 Å². The Hall–Kier alpha value is -1.92. The summed E-state index contributed by atoms with van der Waals surface area (Å²) >= 11 is 0. The summed E-state index contributed by atoms with van der Waals surface area (Å²) in [7, 11) is 0. The van der Waals surface area contributed by atoms with Gasteiger partial charge in [-0.2, -0.15) is 0 Å².